The minimum Gasteiger partial charge on any atom is -0.269 e. The first-order valence-corrected chi connectivity index (χ1v) is 12.0. The summed E-state index contributed by atoms with van der Waals surface area (Å²) in [5, 5.41) is 14.7. The van der Waals surface area contributed by atoms with Gasteiger partial charge in [-0.15, -0.1) is 10.2 Å². The fraction of sp³-hybridized carbons (Fsp3) is 0.522. The molecule has 2 amide bonds. The Morgan fingerprint density at radius 2 is 1.55 bits per heavy atom. The molecule has 0 unspecified atom stereocenters. The Labute approximate surface area is 183 Å². The number of rotatable bonds is 3. The summed E-state index contributed by atoms with van der Waals surface area (Å²) in [6, 6.07) is 6.57. The van der Waals surface area contributed by atoms with Crippen LogP contribution >= 0.6 is 11.3 Å². The van der Waals surface area contributed by atoms with Crippen LogP contribution in [0.3, 0.4) is 0 Å². The lowest BCUT2D eigenvalue weighted by Crippen LogP contribution is -2.49. The van der Waals surface area contributed by atoms with Crippen LogP contribution in [0.15, 0.2) is 24.3 Å². The zero-order valence-corrected chi connectivity index (χ0v) is 18.1. The van der Waals surface area contributed by atoms with E-state index in [1.54, 1.807) is 24.3 Å². The predicted octanol–water partition coefficient (Wildman–Crippen LogP) is 4.01. The van der Waals surface area contributed by atoms with Crippen molar-refractivity contribution in [3.8, 4) is 0 Å². The molecule has 4 fully saturated rings. The summed E-state index contributed by atoms with van der Waals surface area (Å²) in [6.07, 6.45) is 7.71. The number of carbonyl (C=O) groups is 2. The van der Waals surface area contributed by atoms with Gasteiger partial charge in [0.1, 0.15) is 5.01 Å². The highest BCUT2D eigenvalue weighted by Crippen LogP contribution is 2.60. The number of imide groups is 1. The van der Waals surface area contributed by atoms with E-state index in [9.17, 15) is 9.59 Å². The third-order valence-electron chi connectivity index (χ3n) is 8.09. The second-order valence-corrected chi connectivity index (χ2v) is 11.0. The molecule has 1 aliphatic heterocycles. The highest BCUT2D eigenvalue weighted by Gasteiger charge is 2.54. The zero-order valence-electron chi connectivity index (χ0n) is 17.3. The van der Waals surface area contributed by atoms with Gasteiger partial charge in [-0.25, -0.2) is 0 Å². The Bertz CT molecular complexity index is 1190. The molecule has 8 heteroatoms. The maximum atomic E-state index is 12.9. The molecule has 7 nitrogen and oxygen atoms in total. The average Bonchev–Trinajstić information content (AvgIpc) is 3.39. The molecular formula is C23H23N5O2S. The molecule has 0 spiro atoms. The number of hydrogen-bond acceptors (Lipinski definition) is 6. The van der Waals surface area contributed by atoms with Gasteiger partial charge in [-0.05, 0) is 75.3 Å². The standard InChI is InChI=1S/C23H23N5O2S/c1-12(27-19(29)16-4-2-3-5-17(16)20(27)30)18-26-28-21(24-25-22(28)31-18)23-9-13-6-14(10-23)8-15(7-13)11-23/h2-5,12-15H,6-11H2,1H3/t12-,13?,14?,15?,23?/m0/s1. The van der Waals surface area contributed by atoms with Crippen LogP contribution in [0.2, 0.25) is 0 Å². The van der Waals surface area contributed by atoms with Crippen molar-refractivity contribution in [2.45, 2.75) is 56.9 Å². The molecule has 4 aliphatic carbocycles. The maximum absolute atomic E-state index is 12.9. The summed E-state index contributed by atoms with van der Waals surface area (Å²) in [5.41, 5.74) is 1.03. The molecule has 4 saturated carbocycles. The molecule has 31 heavy (non-hydrogen) atoms. The molecule has 4 bridgehead atoms. The molecule has 2 aromatic heterocycles. The largest absolute Gasteiger partial charge is 0.269 e. The normalized spacial score (nSPS) is 32.3. The van der Waals surface area contributed by atoms with Gasteiger partial charge in [0.2, 0.25) is 4.96 Å². The van der Waals surface area contributed by atoms with E-state index in [0.717, 1.165) is 33.5 Å². The molecule has 5 aliphatic rings. The van der Waals surface area contributed by atoms with Gasteiger partial charge in [0, 0.05) is 5.41 Å². The number of amides is 2. The maximum Gasteiger partial charge on any atom is 0.262 e. The van der Waals surface area contributed by atoms with Crippen LogP contribution < -0.4 is 0 Å². The fourth-order valence-corrected chi connectivity index (χ4v) is 8.07. The van der Waals surface area contributed by atoms with Crippen LogP contribution in [0.5, 0.6) is 0 Å². The summed E-state index contributed by atoms with van der Waals surface area (Å²) in [7, 11) is 0. The van der Waals surface area contributed by atoms with Crippen molar-refractivity contribution in [2.24, 2.45) is 17.8 Å². The zero-order chi connectivity index (χ0) is 20.9. The molecule has 0 saturated heterocycles. The van der Waals surface area contributed by atoms with E-state index in [0.29, 0.717) is 11.1 Å². The van der Waals surface area contributed by atoms with Gasteiger partial charge < -0.3 is 0 Å². The van der Waals surface area contributed by atoms with Crippen LogP contribution in [-0.2, 0) is 5.41 Å². The Hall–Kier alpha value is -2.61. The minimum absolute atomic E-state index is 0.0955. The minimum atomic E-state index is -0.441. The SMILES string of the molecule is C[C@@H](c1nn2c(C34CC5CC(CC(C5)C3)C4)nnc2s1)N1C(=O)c2ccccc2C1=O. The number of carbonyl (C=O) groups excluding carboxylic acids is 2. The molecule has 3 aromatic rings. The van der Waals surface area contributed by atoms with Crippen molar-refractivity contribution in [1.29, 1.82) is 0 Å². The van der Waals surface area contributed by atoms with Crippen LogP contribution in [0.25, 0.3) is 4.96 Å². The smallest absolute Gasteiger partial charge is 0.262 e. The third kappa shape index (κ3) is 2.37. The van der Waals surface area contributed by atoms with Crippen molar-refractivity contribution in [3.63, 3.8) is 0 Å². The summed E-state index contributed by atoms with van der Waals surface area (Å²) < 4.78 is 1.92. The topological polar surface area (TPSA) is 80.5 Å². The predicted molar refractivity (Wildman–Crippen MR) is 114 cm³/mol. The van der Waals surface area contributed by atoms with E-state index in [1.165, 1.54) is 54.8 Å². The van der Waals surface area contributed by atoms with Crippen LogP contribution in [0.4, 0.5) is 0 Å². The van der Waals surface area contributed by atoms with Crippen molar-refractivity contribution in [3.05, 3.63) is 46.2 Å². The van der Waals surface area contributed by atoms with Crippen LogP contribution in [-0.4, -0.2) is 36.5 Å². The van der Waals surface area contributed by atoms with Gasteiger partial charge in [-0.1, -0.05) is 23.5 Å². The van der Waals surface area contributed by atoms with Gasteiger partial charge in [0.25, 0.3) is 11.8 Å². The lowest BCUT2D eigenvalue weighted by Gasteiger charge is -2.55. The molecule has 0 radical (unpaired) electrons. The summed E-state index contributed by atoms with van der Waals surface area (Å²) in [4.78, 5) is 27.9. The fourth-order valence-electron chi connectivity index (χ4n) is 7.19. The van der Waals surface area contributed by atoms with Gasteiger partial charge >= 0.3 is 0 Å². The summed E-state index contributed by atoms with van der Waals surface area (Å²) in [6.45, 7) is 1.87. The first-order valence-electron chi connectivity index (χ1n) is 11.2. The highest BCUT2D eigenvalue weighted by molar-refractivity contribution is 7.16. The third-order valence-corrected chi connectivity index (χ3v) is 9.16. The lowest BCUT2D eigenvalue weighted by molar-refractivity contribution is -0.0103. The van der Waals surface area contributed by atoms with Crippen LogP contribution in [0.1, 0.15) is 83.0 Å². The highest BCUT2D eigenvalue weighted by atomic mass is 32.1. The second kappa shape index (κ2) is 6.00. The monoisotopic (exact) mass is 433 g/mol. The molecule has 158 valence electrons. The van der Waals surface area contributed by atoms with Gasteiger partial charge in [-0.2, -0.15) is 9.61 Å². The second-order valence-electron chi connectivity index (χ2n) is 10.1. The molecule has 8 rings (SSSR count). The quantitative estimate of drug-likeness (QED) is 0.583. The first-order chi connectivity index (χ1) is 15.0. The first kappa shape index (κ1) is 18.0. The number of hydrogen-bond donors (Lipinski definition) is 0. The van der Waals surface area contributed by atoms with E-state index < -0.39 is 6.04 Å². The van der Waals surface area contributed by atoms with Crippen LogP contribution in [0, 0.1) is 17.8 Å². The Morgan fingerprint density at radius 3 is 2.13 bits per heavy atom. The summed E-state index contributed by atoms with van der Waals surface area (Å²) in [5.74, 6) is 2.94. The Kier molecular flexibility index (Phi) is 3.48. The van der Waals surface area contributed by atoms with E-state index in [4.69, 9.17) is 5.10 Å². The van der Waals surface area contributed by atoms with E-state index >= 15 is 0 Å². The van der Waals surface area contributed by atoms with Gasteiger partial charge in [-0.3, -0.25) is 14.5 Å². The van der Waals surface area contributed by atoms with Crippen molar-refractivity contribution in [2.75, 3.05) is 0 Å². The number of benzene rings is 1. The number of aromatic nitrogens is 4. The van der Waals surface area contributed by atoms with Crippen molar-refractivity contribution >= 4 is 28.1 Å². The van der Waals surface area contributed by atoms with E-state index in [1.807, 2.05) is 11.4 Å². The van der Waals surface area contributed by atoms with Crippen molar-refractivity contribution < 1.29 is 9.59 Å². The van der Waals surface area contributed by atoms with E-state index in [2.05, 4.69) is 10.2 Å². The molecule has 0 N–H and O–H groups in total. The Morgan fingerprint density at radius 1 is 0.968 bits per heavy atom. The van der Waals surface area contributed by atoms with Gasteiger partial charge in [0.05, 0.1) is 17.2 Å². The molecule has 3 heterocycles. The molecule has 1 aromatic carbocycles. The Balaban J connectivity index is 1.26. The average molecular weight is 434 g/mol. The van der Waals surface area contributed by atoms with Gasteiger partial charge in [0.15, 0.2) is 5.82 Å². The molecule has 1 atom stereocenters. The van der Waals surface area contributed by atoms with E-state index in [-0.39, 0.29) is 17.2 Å². The number of fused-ring (bicyclic) bond motifs is 2. The molecular weight excluding hydrogens is 410 g/mol. The van der Waals surface area contributed by atoms with Crippen molar-refractivity contribution in [1.82, 2.24) is 24.7 Å². The lowest BCUT2D eigenvalue weighted by atomic mass is 9.49. The number of nitrogens with zero attached hydrogens (tertiary/aromatic N) is 5. The summed E-state index contributed by atoms with van der Waals surface area (Å²) >= 11 is 1.43.